The molecule has 0 bridgehead atoms. The van der Waals surface area contributed by atoms with E-state index in [9.17, 15) is 0 Å². The van der Waals surface area contributed by atoms with Gasteiger partial charge in [0.25, 0.3) is 0 Å². The van der Waals surface area contributed by atoms with Crippen molar-refractivity contribution in [2.45, 2.75) is 38.6 Å². The number of aryl methyl sites for hydroxylation is 1. The molecule has 2 saturated carbocycles. The molecule has 0 amide bonds. The van der Waals surface area contributed by atoms with Crippen molar-refractivity contribution < 1.29 is 0 Å². The van der Waals surface area contributed by atoms with Gasteiger partial charge in [-0.2, -0.15) is 0 Å². The lowest BCUT2D eigenvalue weighted by Gasteiger charge is -2.23. The van der Waals surface area contributed by atoms with Crippen molar-refractivity contribution in [1.82, 2.24) is 4.98 Å². The number of rotatable bonds is 2. The monoisotopic (exact) mass is 258 g/mol. The van der Waals surface area contributed by atoms with Crippen LogP contribution in [0.15, 0.2) is 18.2 Å². The zero-order chi connectivity index (χ0) is 12.1. The Kier molecular flexibility index (Phi) is 2.37. The fraction of sp³-hybridized carbons (Fsp3) is 0.533. The summed E-state index contributed by atoms with van der Waals surface area (Å²) in [7, 11) is 0. The molecule has 3 heteroatoms. The molecule has 1 aromatic carbocycles. The molecule has 3 atom stereocenters. The van der Waals surface area contributed by atoms with Gasteiger partial charge in [0.05, 0.1) is 15.2 Å². The van der Waals surface area contributed by atoms with Gasteiger partial charge in [0, 0.05) is 11.7 Å². The molecule has 2 aliphatic carbocycles. The van der Waals surface area contributed by atoms with E-state index in [0.29, 0.717) is 0 Å². The van der Waals surface area contributed by atoms with Crippen LogP contribution in [0, 0.1) is 18.8 Å². The number of fused-ring (bicyclic) bond motifs is 2. The summed E-state index contributed by atoms with van der Waals surface area (Å²) in [6, 6.07) is 7.32. The number of nitrogens with zero attached hydrogens (tertiary/aromatic N) is 1. The average molecular weight is 258 g/mol. The fourth-order valence-electron chi connectivity index (χ4n) is 3.43. The van der Waals surface area contributed by atoms with E-state index in [1.165, 1.54) is 36.1 Å². The van der Waals surface area contributed by atoms with Crippen LogP contribution in [0.1, 0.15) is 30.7 Å². The number of aromatic nitrogens is 1. The predicted molar refractivity (Wildman–Crippen MR) is 77.2 cm³/mol. The van der Waals surface area contributed by atoms with Gasteiger partial charge in [0.2, 0.25) is 0 Å². The third kappa shape index (κ3) is 1.81. The molecule has 0 radical (unpaired) electrons. The van der Waals surface area contributed by atoms with E-state index < -0.39 is 0 Å². The Balaban J connectivity index is 1.58. The SMILES string of the molecule is Cc1nc2ccc(NC3CCCC4CC43)cc2s1. The molecular weight excluding hydrogens is 240 g/mol. The Morgan fingerprint density at radius 1 is 1.33 bits per heavy atom. The molecule has 0 aliphatic heterocycles. The summed E-state index contributed by atoms with van der Waals surface area (Å²) in [6.07, 6.45) is 5.68. The van der Waals surface area contributed by atoms with Gasteiger partial charge in [0.15, 0.2) is 0 Å². The number of thiazole rings is 1. The fourth-order valence-corrected chi connectivity index (χ4v) is 4.30. The average Bonchev–Trinajstić information content (AvgIpc) is 3.05. The standard InChI is InChI=1S/C15H18N2S/c1-9-16-14-6-5-11(8-15(14)18-9)17-13-4-2-3-10-7-12(10)13/h5-6,8,10,12-13,17H,2-4,7H2,1H3. The van der Waals surface area contributed by atoms with Crippen molar-refractivity contribution in [3.63, 3.8) is 0 Å². The Morgan fingerprint density at radius 3 is 3.22 bits per heavy atom. The molecule has 1 aromatic heterocycles. The summed E-state index contributed by atoms with van der Waals surface area (Å²) < 4.78 is 1.31. The van der Waals surface area contributed by atoms with Crippen LogP contribution in [-0.2, 0) is 0 Å². The minimum absolute atomic E-state index is 0.718. The highest BCUT2D eigenvalue weighted by Gasteiger charge is 2.45. The lowest BCUT2D eigenvalue weighted by molar-refractivity contribution is 0.440. The Morgan fingerprint density at radius 2 is 2.28 bits per heavy atom. The number of nitrogens with one attached hydrogen (secondary N) is 1. The van der Waals surface area contributed by atoms with E-state index in [1.54, 1.807) is 11.3 Å². The maximum Gasteiger partial charge on any atom is 0.0907 e. The van der Waals surface area contributed by atoms with Crippen molar-refractivity contribution in [2.24, 2.45) is 11.8 Å². The quantitative estimate of drug-likeness (QED) is 0.873. The van der Waals surface area contributed by atoms with Crippen molar-refractivity contribution >= 4 is 27.2 Å². The zero-order valence-corrected chi connectivity index (χ0v) is 11.5. The first kappa shape index (κ1) is 10.8. The van der Waals surface area contributed by atoms with Crippen LogP contribution in [0.3, 0.4) is 0 Å². The van der Waals surface area contributed by atoms with E-state index in [1.807, 2.05) is 0 Å². The van der Waals surface area contributed by atoms with E-state index >= 15 is 0 Å². The largest absolute Gasteiger partial charge is 0.382 e. The molecule has 2 fully saturated rings. The van der Waals surface area contributed by atoms with Crippen LogP contribution in [-0.4, -0.2) is 11.0 Å². The Labute approximate surface area is 111 Å². The Bertz CT molecular complexity index is 589. The van der Waals surface area contributed by atoms with Crippen LogP contribution in [0.25, 0.3) is 10.2 Å². The van der Waals surface area contributed by atoms with Gasteiger partial charge in [-0.05, 0) is 49.8 Å². The molecule has 4 rings (SSSR count). The smallest absolute Gasteiger partial charge is 0.0907 e. The van der Waals surface area contributed by atoms with Crippen LogP contribution < -0.4 is 5.32 Å². The second-order valence-corrected chi connectivity index (χ2v) is 6.99. The van der Waals surface area contributed by atoms with Crippen molar-refractivity contribution in [3.05, 3.63) is 23.2 Å². The highest BCUT2D eigenvalue weighted by atomic mass is 32.1. The van der Waals surface area contributed by atoms with Gasteiger partial charge in [-0.3, -0.25) is 0 Å². The molecule has 1 heterocycles. The van der Waals surface area contributed by atoms with E-state index in [-0.39, 0.29) is 0 Å². The van der Waals surface area contributed by atoms with Crippen LogP contribution in [0.4, 0.5) is 5.69 Å². The molecule has 18 heavy (non-hydrogen) atoms. The Hall–Kier alpha value is -1.09. The topological polar surface area (TPSA) is 24.9 Å². The molecule has 3 unspecified atom stereocenters. The third-order valence-corrected chi connectivity index (χ3v) is 5.37. The van der Waals surface area contributed by atoms with E-state index in [0.717, 1.165) is 28.4 Å². The second-order valence-electron chi connectivity index (χ2n) is 5.76. The first-order valence-electron chi connectivity index (χ1n) is 6.93. The van der Waals surface area contributed by atoms with Crippen molar-refractivity contribution in [3.8, 4) is 0 Å². The summed E-state index contributed by atoms with van der Waals surface area (Å²) in [5.41, 5.74) is 2.42. The molecule has 2 aliphatic rings. The molecule has 0 saturated heterocycles. The molecule has 94 valence electrons. The normalized spacial score (nSPS) is 30.2. The zero-order valence-electron chi connectivity index (χ0n) is 10.6. The van der Waals surface area contributed by atoms with Crippen LogP contribution >= 0.6 is 11.3 Å². The van der Waals surface area contributed by atoms with Crippen molar-refractivity contribution in [1.29, 1.82) is 0 Å². The van der Waals surface area contributed by atoms with Crippen LogP contribution in [0.2, 0.25) is 0 Å². The van der Waals surface area contributed by atoms with E-state index in [4.69, 9.17) is 0 Å². The molecule has 2 nitrogen and oxygen atoms in total. The second kappa shape index (κ2) is 3.95. The summed E-state index contributed by atoms with van der Waals surface area (Å²) in [5.74, 6) is 1.99. The van der Waals surface area contributed by atoms with Gasteiger partial charge in [0.1, 0.15) is 0 Å². The van der Waals surface area contributed by atoms with Gasteiger partial charge in [-0.15, -0.1) is 11.3 Å². The van der Waals surface area contributed by atoms with Crippen LogP contribution in [0.5, 0.6) is 0 Å². The predicted octanol–water partition coefficient (Wildman–Crippen LogP) is 4.21. The lowest BCUT2D eigenvalue weighted by atomic mass is 9.95. The first-order chi connectivity index (χ1) is 8.79. The highest BCUT2D eigenvalue weighted by molar-refractivity contribution is 7.18. The summed E-state index contributed by atoms with van der Waals surface area (Å²) in [4.78, 5) is 4.51. The number of anilines is 1. The highest BCUT2D eigenvalue weighted by Crippen LogP contribution is 2.50. The molecule has 2 aromatic rings. The maximum absolute atomic E-state index is 4.51. The van der Waals surface area contributed by atoms with Gasteiger partial charge >= 0.3 is 0 Å². The molecule has 1 N–H and O–H groups in total. The summed E-state index contributed by atoms with van der Waals surface area (Å²) >= 11 is 1.79. The van der Waals surface area contributed by atoms with E-state index in [2.05, 4.69) is 35.4 Å². The maximum atomic E-state index is 4.51. The molecular formula is C15H18N2S. The van der Waals surface area contributed by atoms with Gasteiger partial charge < -0.3 is 5.32 Å². The minimum Gasteiger partial charge on any atom is -0.382 e. The summed E-state index contributed by atoms with van der Waals surface area (Å²) in [6.45, 7) is 2.08. The number of hydrogen-bond acceptors (Lipinski definition) is 3. The van der Waals surface area contributed by atoms with Gasteiger partial charge in [-0.1, -0.05) is 12.8 Å². The summed E-state index contributed by atoms with van der Waals surface area (Å²) in [5, 5.41) is 4.91. The third-order valence-electron chi connectivity index (χ3n) is 4.43. The van der Waals surface area contributed by atoms with Gasteiger partial charge in [-0.25, -0.2) is 4.98 Å². The number of benzene rings is 1. The number of hydrogen-bond donors (Lipinski definition) is 1. The first-order valence-corrected chi connectivity index (χ1v) is 7.75. The van der Waals surface area contributed by atoms with Crippen molar-refractivity contribution in [2.75, 3.05) is 5.32 Å². The lowest BCUT2D eigenvalue weighted by Crippen LogP contribution is -2.25. The molecule has 0 spiro atoms. The minimum atomic E-state index is 0.718.